The predicted molar refractivity (Wildman–Crippen MR) is 240 cm³/mol. The normalized spacial score (nSPS) is 11.0. The molecule has 5 aromatic heterocycles. The number of hydrogen-bond acceptors (Lipinski definition) is 7. The van der Waals surface area contributed by atoms with E-state index in [1.807, 2.05) is 115 Å². The number of aromatic nitrogens is 7. The topological polar surface area (TPSA) is 90.2 Å². The van der Waals surface area contributed by atoms with Crippen molar-refractivity contribution in [1.29, 1.82) is 0 Å². The molecule has 0 bridgehead atoms. The van der Waals surface area contributed by atoms with Crippen LogP contribution < -0.4 is 0 Å². The van der Waals surface area contributed by atoms with Crippen LogP contribution in [0.1, 0.15) is 0 Å². The summed E-state index contributed by atoms with van der Waals surface area (Å²) in [4.78, 5) is 34.7. The minimum absolute atomic E-state index is 0.597. The van der Waals surface area contributed by atoms with E-state index in [0.29, 0.717) is 11.6 Å². The number of rotatable bonds is 9. The molecule has 5 aromatic carbocycles. The zero-order chi connectivity index (χ0) is 40.1. The Hall–Kier alpha value is -8.29. The van der Waals surface area contributed by atoms with Gasteiger partial charge in [-0.05, 0) is 59.7 Å². The molecule has 0 unspecified atom stereocenters. The molecule has 7 heteroatoms. The molecule has 10 rings (SSSR count). The fraction of sp³-hybridized carbons (Fsp3) is 0. The molecule has 5 heterocycles. The zero-order valence-corrected chi connectivity index (χ0v) is 32.3. The van der Waals surface area contributed by atoms with Gasteiger partial charge in [0.2, 0.25) is 0 Å². The molecular formula is C53H35N7. The van der Waals surface area contributed by atoms with Crippen molar-refractivity contribution in [2.75, 3.05) is 0 Å². The lowest BCUT2D eigenvalue weighted by Crippen LogP contribution is -1.97. The molecular weight excluding hydrogens is 735 g/mol. The summed E-state index contributed by atoms with van der Waals surface area (Å²) < 4.78 is 0. The van der Waals surface area contributed by atoms with Crippen molar-refractivity contribution in [3.8, 4) is 102 Å². The van der Waals surface area contributed by atoms with Gasteiger partial charge in [-0.25, -0.2) is 24.9 Å². The van der Waals surface area contributed by atoms with Crippen molar-refractivity contribution in [2.24, 2.45) is 0 Å². The number of benzene rings is 5. The molecule has 0 amide bonds. The summed E-state index contributed by atoms with van der Waals surface area (Å²) in [5.74, 6) is 1.25. The van der Waals surface area contributed by atoms with E-state index in [9.17, 15) is 0 Å². The van der Waals surface area contributed by atoms with Crippen LogP contribution in [-0.4, -0.2) is 34.9 Å². The highest BCUT2D eigenvalue weighted by Crippen LogP contribution is 2.33. The molecule has 0 N–H and O–H groups in total. The Morgan fingerprint density at radius 1 is 0.217 bits per heavy atom. The third kappa shape index (κ3) is 7.71. The van der Waals surface area contributed by atoms with Crippen molar-refractivity contribution < 1.29 is 0 Å². The Morgan fingerprint density at radius 2 is 0.617 bits per heavy atom. The molecule has 0 saturated heterocycles. The van der Waals surface area contributed by atoms with E-state index < -0.39 is 0 Å². The average Bonchev–Trinajstić information content (AvgIpc) is 3.35. The van der Waals surface area contributed by atoms with Gasteiger partial charge in [-0.3, -0.25) is 9.97 Å². The first-order chi connectivity index (χ1) is 29.7. The van der Waals surface area contributed by atoms with Gasteiger partial charge in [0.05, 0.1) is 45.6 Å². The van der Waals surface area contributed by atoms with E-state index in [0.717, 1.165) is 90.1 Å². The molecule has 0 spiro atoms. The van der Waals surface area contributed by atoms with Crippen molar-refractivity contribution in [3.63, 3.8) is 0 Å². The quantitative estimate of drug-likeness (QED) is 0.144. The summed E-state index contributed by atoms with van der Waals surface area (Å²) >= 11 is 0. The van der Waals surface area contributed by atoms with Gasteiger partial charge in [-0.2, -0.15) is 0 Å². The Balaban J connectivity index is 1.01. The molecule has 0 aliphatic heterocycles. The first kappa shape index (κ1) is 36.1. The van der Waals surface area contributed by atoms with Crippen LogP contribution in [0.5, 0.6) is 0 Å². The summed E-state index contributed by atoms with van der Waals surface area (Å²) in [6, 6.07) is 67.2. The summed E-state index contributed by atoms with van der Waals surface area (Å²) in [5, 5.41) is 0. The van der Waals surface area contributed by atoms with Crippen LogP contribution in [0, 0.1) is 0 Å². The molecule has 60 heavy (non-hydrogen) atoms. The van der Waals surface area contributed by atoms with Crippen LogP contribution in [0.4, 0.5) is 0 Å². The first-order valence-corrected chi connectivity index (χ1v) is 19.7. The van der Waals surface area contributed by atoms with Gasteiger partial charge in [0.25, 0.3) is 0 Å². The molecule has 0 radical (unpaired) electrons. The Kier molecular flexibility index (Phi) is 9.79. The Morgan fingerprint density at radius 3 is 1.03 bits per heavy atom. The minimum Gasteiger partial charge on any atom is -0.255 e. The average molecular weight is 770 g/mol. The lowest BCUT2D eigenvalue weighted by atomic mass is 10.0. The first-order valence-electron chi connectivity index (χ1n) is 19.7. The summed E-state index contributed by atoms with van der Waals surface area (Å²) in [6.07, 6.45) is 3.61. The second kappa shape index (κ2) is 16.3. The maximum atomic E-state index is 5.08. The second-order valence-corrected chi connectivity index (χ2v) is 14.2. The summed E-state index contributed by atoms with van der Waals surface area (Å²) in [6.45, 7) is 0. The van der Waals surface area contributed by atoms with E-state index in [-0.39, 0.29) is 0 Å². The lowest BCUT2D eigenvalue weighted by Gasteiger charge is -2.12. The van der Waals surface area contributed by atoms with Gasteiger partial charge in [0.15, 0.2) is 11.6 Å². The van der Waals surface area contributed by atoms with E-state index in [1.54, 1.807) is 6.20 Å². The van der Waals surface area contributed by atoms with Crippen LogP contribution in [0.2, 0.25) is 0 Å². The number of hydrogen-bond donors (Lipinski definition) is 0. The van der Waals surface area contributed by atoms with Crippen LogP contribution in [-0.2, 0) is 0 Å². The molecule has 0 saturated carbocycles. The fourth-order valence-electron chi connectivity index (χ4n) is 7.14. The Labute approximate surface area is 347 Å². The molecule has 282 valence electrons. The van der Waals surface area contributed by atoms with Crippen LogP contribution in [0.3, 0.4) is 0 Å². The van der Waals surface area contributed by atoms with Crippen LogP contribution in [0.25, 0.3) is 102 Å². The maximum Gasteiger partial charge on any atom is 0.161 e. The molecule has 7 nitrogen and oxygen atoms in total. The van der Waals surface area contributed by atoms with Crippen molar-refractivity contribution >= 4 is 0 Å². The smallest absolute Gasteiger partial charge is 0.161 e. The third-order valence-corrected chi connectivity index (χ3v) is 10.2. The van der Waals surface area contributed by atoms with E-state index in [2.05, 4.69) is 96.0 Å². The van der Waals surface area contributed by atoms with E-state index >= 15 is 0 Å². The highest BCUT2D eigenvalue weighted by atomic mass is 14.9. The largest absolute Gasteiger partial charge is 0.255 e. The van der Waals surface area contributed by atoms with Gasteiger partial charge in [0.1, 0.15) is 0 Å². The Bertz CT molecular complexity index is 2730. The van der Waals surface area contributed by atoms with Gasteiger partial charge < -0.3 is 0 Å². The second-order valence-electron chi connectivity index (χ2n) is 14.2. The zero-order valence-electron chi connectivity index (χ0n) is 32.3. The highest BCUT2D eigenvalue weighted by Gasteiger charge is 2.15. The van der Waals surface area contributed by atoms with Crippen molar-refractivity contribution in [3.05, 3.63) is 213 Å². The van der Waals surface area contributed by atoms with Gasteiger partial charge >= 0.3 is 0 Å². The molecule has 0 aliphatic rings. The molecule has 0 aliphatic carbocycles. The van der Waals surface area contributed by atoms with Gasteiger partial charge in [-0.15, -0.1) is 0 Å². The fourth-order valence-corrected chi connectivity index (χ4v) is 7.14. The molecule has 10 aromatic rings. The van der Waals surface area contributed by atoms with E-state index in [1.165, 1.54) is 0 Å². The maximum absolute atomic E-state index is 5.08. The monoisotopic (exact) mass is 769 g/mol. The summed E-state index contributed by atoms with van der Waals surface area (Å²) in [5.41, 5.74) is 14.2. The predicted octanol–water partition coefficient (Wildman–Crippen LogP) is 12.5. The summed E-state index contributed by atoms with van der Waals surface area (Å²) in [7, 11) is 0. The van der Waals surface area contributed by atoms with Crippen molar-refractivity contribution in [2.45, 2.75) is 0 Å². The molecule has 0 fully saturated rings. The lowest BCUT2D eigenvalue weighted by molar-refractivity contribution is 1.17. The highest BCUT2D eigenvalue weighted by molar-refractivity contribution is 5.78. The molecule has 0 atom stereocenters. The SMILES string of the molecule is c1ccc(-c2cc(-c3ccccc3)nc(-c3ccc(-c4cc(-c5ccccn5)nc(-c5ccc(-c6nc(-c7ccccc7)cc(-c7ccccc7)n6)cn5)c4)cc3)n2)cc1. The van der Waals surface area contributed by atoms with Crippen LogP contribution >= 0.6 is 0 Å². The third-order valence-electron chi connectivity index (χ3n) is 10.2. The van der Waals surface area contributed by atoms with Crippen molar-refractivity contribution in [1.82, 2.24) is 34.9 Å². The standard InChI is InChI=1S/C53H35N7/c1-5-15-37(16-6-1)46-33-47(38-17-7-2-8-18-38)58-52(57-46)41-26-24-36(25-27-41)43-31-50(44-23-13-14-30-54-44)56-51(32-43)45-29-28-42(35-55-45)53-59-48(39-19-9-3-10-20-39)34-49(60-53)40-21-11-4-12-22-40/h1-35H. The van der Waals surface area contributed by atoms with Gasteiger partial charge in [0, 0.05) is 45.8 Å². The number of nitrogens with zero attached hydrogens (tertiary/aromatic N) is 7. The van der Waals surface area contributed by atoms with Gasteiger partial charge in [-0.1, -0.05) is 152 Å². The number of pyridine rings is 3. The van der Waals surface area contributed by atoms with E-state index in [4.69, 9.17) is 29.9 Å². The minimum atomic E-state index is 0.597. The van der Waals surface area contributed by atoms with Crippen LogP contribution in [0.15, 0.2) is 213 Å².